The van der Waals surface area contributed by atoms with Gasteiger partial charge in [-0.2, -0.15) is 0 Å². The maximum Gasteiger partial charge on any atom is 0.407 e. The second kappa shape index (κ2) is 7.54. The monoisotopic (exact) mass is 237 g/mol. The number of methoxy groups -OCH3 is 1. The van der Waals surface area contributed by atoms with Gasteiger partial charge in [0.1, 0.15) is 5.75 Å². The average Bonchev–Trinajstić information content (AvgIpc) is 2.37. The molecule has 1 rings (SSSR count). The molecule has 0 fully saturated rings. The van der Waals surface area contributed by atoms with Gasteiger partial charge in [0.25, 0.3) is 0 Å². The Morgan fingerprint density at radius 1 is 1.29 bits per heavy atom. The standard InChI is InChI=1S/C13H19NO3/c1-3-4-9-17-13(15)14-10-11-5-7-12(16-2)8-6-11/h5-8H,3-4,9-10H2,1-2H3,(H,14,15). The Morgan fingerprint density at radius 3 is 2.59 bits per heavy atom. The minimum absolute atomic E-state index is 0.366. The van der Waals surface area contributed by atoms with E-state index >= 15 is 0 Å². The molecule has 0 atom stereocenters. The summed E-state index contributed by atoms with van der Waals surface area (Å²) in [6.07, 6.45) is 1.55. The highest BCUT2D eigenvalue weighted by atomic mass is 16.5. The van der Waals surface area contributed by atoms with Crippen molar-refractivity contribution in [2.24, 2.45) is 0 Å². The fourth-order valence-electron chi connectivity index (χ4n) is 1.28. The number of ether oxygens (including phenoxy) is 2. The van der Waals surface area contributed by atoms with Crippen molar-refractivity contribution >= 4 is 6.09 Å². The van der Waals surface area contributed by atoms with Gasteiger partial charge in [-0.25, -0.2) is 4.79 Å². The molecule has 0 heterocycles. The topological polar surface area (TPSA) is 47.6 Å². The smallest absolute Gasteiger partial charge is 0.407 e. The molecule has 0 bridgehead atoms. The summed E-state index contributed by atoms with van der Waals surface area (Å²) >= 11 is 0. The van der Waals surface area contributed by atoms with Gasteiger partial charge in [-0.1, -0.05) is 25.5 Å². The number of carbonyl (C=O) groups excluding carboxylic acids is 1. The lowest BCUT2D eigenvalue weighted by Gasteiger charge is -2.07. The van der Waals surface area contributed by atoms with Gasteiger partial charge >= 0.3 is 6.09 Å². The van der Waals surface area contributed by atoms with Crippen molar-refractivity contribution in [3.8, 4) is 5.75 Å². The first-order chi connectivity index (χ1) is 8.26. The zero-order valence-electron chi connectivity index (χ0n) is 10.4. The lowest BCUT2D eigenvalue weighted by atomic mass is 10.2. The maximum absolute atomic E-state index is 11.3. The average molecular weight is 237 g/mol. The molecule has 94 valence electrons. The van der Waals surface area contributed by atoms with Crippen molar-refractivity contribution in [3.05, 3.63) is 29.8 Å². The summed E-state index contributed by atoms with van der Waals surface area (Å²) in [5, 5.41) is 2.69. The Morgan fingerprint density at radius 2 is 2.00 bits per heavy atom. The van der Waals surface area contributed by atoms with Gasteiger partial charge in [0.05, 0.1) is 13.7 Å². The molecule has 0 aromatic heterocycles. The number of rotatable bonds is 6. The number of unbranched alkanes of at least 4 members (excludes halogenated alkanes) is 1. The molecule has 1 aromatic rings. The molecule has 4 nitrogen and oxygen atoms in total. The third-order valence-corrected chi connectivity index (χ3v) is 2.33. The van der Waals surface area contributed by atoms with Crippen LogP contribution in [0, 0.1) is 0 Å². The van der Waals surface area contributed by atoms with Crippen molar-refractivity contribution in [2.45, 2.75) is 26.3 Å². The maximum atomic E-state index is 11.3. The van der Waals surface area contributed by atoms with Gasteiger partial charge < -0.3 is 14.8 Å². The quantitative estimate of drug-likeness (QED) is 0.774. The van der Waals surface area contributed by atoms with Crippen molar-refractivity contribution < 1.29 is 14.3 Å². The zero-order chi connectivity index (χ0) is 12.5. The highest BCUT2D eigenvalue weighted by Crippen LogP contribution is 2.10. The number of hydrogen-bond acceptors (Lipinski definition) is 3. The molecule has 1 N–H and O–H groups in total. The number of benzene rings is 1. The predicted molar refractivity (Wildman–Crippen MR) is 66.1 cm³/mol. The fraction of sp³-hybridized carbons (Fsp3) is 0.462. The SMILES string of the molecule is CCCCOC(=O)NCc1ccc(OC)cc1. The Kier molecular flexibility index (Phi) is 5.93. The molecule has 0 saturated carbocycles. The highest BCUT2D eigenvalue weighted by Gasteiger charge is 2.01. The van der Waals surface area contributed by atoms with E-state index in [-0.39, 0.29) is 6.09 Å². The van der Waals surface area contributed by atoms with Crippen LogP contribution in [0.4, 0.5) is 4.79 Å². The number of hydrogen-bond donors (Lipinski definition) is 1. The van der Waals surface area contributed by atoms with Crippen LogP contribution in [0.15, 0.2) is 24.3 Å². The third kappa shape index (κ3) is 5.24. The molecule has 4 heteroatoms. The van der Waals surface area contributed by atoms with Gasteiger partial charge in [0.2, 0.25) is 0 Å². The Balaban J connectivity index is 2.27. The second-order valence-corrected chi connectivity index (χ2v) is 3.69. The minimum atomic E-state index is -0.366. The van der Waals surface area contributed by atoms with Crippen LogP contribution in [0.3, 0.4) is 0 Å². The van der Waals surface area contributed by atoms with E-state index in [0.29, 0.717) is 13.2 Å². The van der Waals surface area contributed by atoms with E-state index in [1.54, 1.807) is 7.11 Å². The summed E-state index contributed by atoms with van der Waals surface area (Å²) in [7, 11) is 1.62. The van der Waals surface area contributed by atoms with Crippen molar-refractivity contribution in [3.63, 3.8) is 0 Å². The summed E-state index contributed by atoms with van der Waals surface area (Å²) in [5.74, 6) is 0.805. The Hall–Kier alpha value is -1.71. The summed E-state index contributed by atoms with van der Waals surface area (Å²) in [5.41, 5.74) is 1.01. The van der Waals surface area contributed by atoms with Gasteiger partial charge in [-0.05, 0) is 24.1 Å². The van der Waals surface area contributed by atoms with E-state index in [9.17, 15) is 4.79 Å². The van der Waals surface area contributed by atoms with Crippen LogP contribution in [0.25, 0.3) is 0 Å². The van der Waals surface area contributed by atoms with Crippen LogP contribution in [-0.4, -0.2) is 19.8 Å². The van der Waals surface area contributed by atoms with Crippen LogP contribution in [0.1, 0.15) is 25.3 Å². The molecule has 0 aliphatic rings. The first-order valence-corrected chi connectivity index (χ1v) is 5.79. The summed E-state index contributed by atoms with van der Waals surface area (Å²) in [4.78, 5) is 11.3. The zero-order valence-corrected chi connectivity index (χ0v) is 10.4. The van der Waals surface area contributed by atoms with E-state index in [2.05, 4.69) is 12.2 Å². The van der Waals surface area contributed by atoms with Gasteiger partial charge in [0, 0.05) is 6.54 Å². The van der Waals surface area contributed by atoms with Crippen LogP contribution in [-0.2, 0) is 11.3 Å². The number of alkyl carbamates (subject to hydrolysis) is 1. The highest BCUT2D eigenvalue weighted by molar-refractivity contribution is 5.67. The molecule has 0 aliphatic heterocycles. The molecule has 1 amide bonds. The largest absolute Gasteiger partial charge is 0.497 e. The van der Waals surface area contributed by atoms with Crippen LogP contribution < -0.4 is 10.1 Å². The number of amides is 1. The van der Waals surface area contributed by atoms with Gasteiger partial charge in [-0.15, -0.1) is 0 Å². The second-order valence-electron chi connectivity index (χ2n) is 3.69. The third-order valence-electron chi connectivity index (χ3n) is 2.33. The Labute approximate surface area is 102 Å². The number of carbonyl (C=O) groups is 1. The van der Waals surface area contributed by atoms with E-state index in [1.807, 2.05) is 24.3 Å². The predicted octanol–water partition coefficient (Wildman–Crippen LogP) is 2.72. The molecule has 0 radical (unpaired) electrons. The first-order valence-electron chi connectivity index (χ1n) is 5.79. The van der Waals surface area contributed by atoms with E-state index in [4.69, 9.17) is 9.47 Å². The molecule has 0 saturated heterocycles. The van der Waals surface area contributed by atoms with Crippen LogP contribution >= 0.6 is 0 Å². The molecule has 0 aliphatic carbocycles. The molecule has 0 unspecified atom stereocenters. The molecular weight excluding hydrogens is 218 g/mol. The summed E-state index contributed by atoms with van der Waals surface area (Å²) in [6.45, 7) is 3.00. The fourth-order valence-corrected chi connectivity index (χ4v) is 1.28. The summed E-state index contributed by atoms with van der Waals surface area (Å²) < 4.78 is 10.0. The first kappa shape index (κ1) is 13.4. The van der Waals surface area contributed by atoms with Crippen molar-refractivity contribution in [2.75, 3.05) is 13.7 Å². The molecule has 0 spiro atoms. The van der Waals surface area contributed by atoms with E-state index in [0.717, 1.165) is 24.2 Å². The van der Waals surface area contributed by atoms with Crippen LogP contribution in [0.5, 0.6) is 5.75 Å². The van der Waals surface area contributed by atoms with Crippen molar-refractivity contribution in [1.29, 1.82) is 0 Å². The normalized spacial score (nSPS) is 9.76. The lowest BCUT2D eigenvalue weighted by molar-refractivity contribution is 0.144. The molecular formula is C13H19NO3. The number of nitrogens with one attached hydrogen (secondary N) is 1. The molecule has 17 heavy (non-hydrogen) atoms. The van der Waals surface area contributed by atoms with Gasteiger partial charge in [-0.3, -0.25) is 0 Å². The minimum Gasteiger partial charge on any atom is -0.497 e. The lowest BCUT2D eigenvalue weighted by Crippen LogP contribution is -2.24. The summed E-state index contributed by atoms with van der Waals surface area (Å²) in [6, 6.07) is 7.54. The van der Waals surface area contributed by atoms with Crippen molar-refractivity contribution in [1.82, 2.24) is 5.32 Å². The van der Waals surface area contributed by atoms with Crippen LogP contribution in [0.2, 0.25) is 0 Å². The van der Waals surface area contributed by atoms with Gasteiger partial charge in [0.15, 0.2) is 0 Å². The Bertz CT molecular complexity index is 335. The molecule has 1 aromatic carbocycles. The van der Waals surface area contributed by atoms with E-state index in [1.165, 1.54) is 0 Å². The van der Waals surface area contributed by atoms with E-state index < -0.39 is 0 Å².